The molecule has 1 aliphatic heterocycles. The molecule has 28 heavy (non-hydrogen) atoms. The van der Waals surface area contributed by atoms with E-state index < -0.39 is 5.60 Å². The van der Waals surface area contributed by atoms with E-state index in [0.717, 1.165) is 37.4 Å². The number of hydrogen-bond acceptors (Lipinski definition) is 4. The number of nitrogens with zero attached hydrogens (tertiary/aromatic N) is 1. The van der Waals surface area contributed by atoms with Gasteiger partial charge in [-0.3, -0.25) is 4.79 Å². The minimum absolute atomic E-state index is 0.146. The minimum Gasteiger partial charge on any atom is -0.497 e. The molecular formula is C23H28FNO3. The van der Waals surface area contributed by atoms with Gasteiger partial charge in [0.05, 0.1) is 12.7 Å². The van der Waals surface area contributed by atoms with Crippen molar-refractivity contribution in [1.82, 2.24) is 4.90 Å². The van der Waals surface area contributed by atoms with E-state index in [-0.39, 0.29) is 11.6 Å². The number of carbonyl (C=O) groups is 1. The van der Waals surface area contributed by atoms with Crippen molar-refractivity contribution in [2.24, 2.45) is 0 Å². The molecule has 0 spiro atoms. The number of rotatable bonds is 8. The molecular weight excluding hydrogens is 357 g/mol. The molecule has 0 amide bonds. The van der Waals surface area contributed by atoms with E-state index in [1.165, 1.54) is 12.1 Å². The third kappa shape index (κ3) is 5.63. The first kappa shape index (κ1) is 20.5. The van der Waals surface area contributed by atoms with Crippen LogP contribution in [0.1, 0.15) is 41.6 Å². The highest BCUT2D eigenvalue weighted by atomic mass is 19.1. The molecule has 1 heterocycles. The molecule has 4 nitrogen and oxygen atoms in total. The molecule has 5 heteroatoms. The van der Waals surface area contributed by atoms with Crippen LogP contribution in [0.25, 0.3) is 0 Å². The lowest BCUT2D eigenvalue weighted by atomic mass is 9.85. The van der Waals surface area contributed by atoms with Crippen molar-refractivity contribution in [2.45, 2.75) is 37.7 Å². The number of likely N-dealkylation sites (tertiary alicyclic amines) is 1. The van der Waals surface area contributed by atoms with Crippen LogP contribution in [-0.2, 0) is 6.42 Å². The summed E-state index contributed by atoms with van der Waals surface area (Å²) in [6.45, 7) is 2.48. The molecule has 150 valence electrons. The van der Waals surface area contributed by atoms with Crippen molar-refractivity contribution in [3.8, 4) is 5.75 Å². The van der Waals surface area contributed by atoms with E-state index in [4.69, 9.17) is 4.74 Å². The van der Waals surface area contributed by atoms with E-state index in [1.807, 2.05) is 0 Å². The zero-order valence-corrected chi connectivity index (χ0v) is 16.4. The fraction of sp³-hybridized carbons (Fsp3) is 0.435. The monoisotopic (exact) mass is 385 g/mol. The third-order valence-electron chi connectivity index (χ3n) is 5.52. The summed E-state index contributed by atoms with van der Waals surface area (Å²) in [5, 5.41) is 10.8. The molecule has 1 fully saturated rings. The first-order chi connectivity index (χ1) is 13.5. The van der Waals surface area contributed by atoms with Gasteiger partial charge >= 0.3 is 0 Å². The molecule has 3 rings (SSSR count). The molecule has 0 unspecified atom stereocenters. The second kappa shape index (κ2) is 9.30. The standard InChI is InChI=1S/C23H28FNO3/c1-28-21-10-6-19(7-11-21)22(26)3-2-14-25-15-12-23(27,13-16-25)17-18-4-8-20(24)9-5-18/h4-11,27H,2-3,12-17H2,1H3. The summed E-state index contributed by atoms with van der Waals surface area (Å²) < 4.78 is 18.1. The van der Waals surface area contributed by atoms with Crippen molar-refractivity contribution in [1.29, 1.82) is 0 Å². The van der Waals surface area contributed by atoms with Gasteiger partial charge in [0.15, 0.2) is 5.78 Å². The highest BCUT2D eigenvalue weighted by molar-refractivity contribution is 5.96. The number of ether oxygens (including phenoxy) is 1. The number of benzene rings is 2. The smallest absolute Gasteiger partial charge is 0.162 e. The Kier molecular flexibility index (Phi) is 6.81. The zero-order valence-electron chi connectivity index (χ0n) is 16.4. The first-order valence-corrected chi connectivity index (χ1v) is 9.84. The summed E-state index contributed by atoms with van der Waals surface area (Å²) in [6.07, 6.45) is 3.26. The Hall–Kier alpha value is -2.24. The molecule has 0 atom stereocenters. The molecule has 1 aliphatic rings. The van der Waals surface area contributed by atoms with Crippen molar-refractivity contribution in [3.05, 3.63) is 65.5 Å². The van der Waals surface area contributed by atoms with Gasteiger partial charge in [0.1, 0.15) is 11.6 Å². The van der Waals surface area contributed by atoms with Crippen LogP contribution in [0.15, 0.2) is 48.5 Å². The molecule has 1 saturated heterocycles. The Balaban J connectivity index is 1.40. The Morgan fingerprint density at radius 2 is 1.75 bits per heavy atom. The highest BCUT2D eigenvalue weighted by Crippen LogP contribution is 2.26. The van der Waals surface area contributed by atoms with Crippen molar-refractivity contribution in [2.75, 3.05) is 26.7 Å². The largest absolute Gasteiger partial charge is 0.497 e. The van der Waals surface area contributed by atoms with Crippen LogP contribution in [0.4, 0.5) is 4.39 Å². The van der Waals surface area contributed by atoms with E-state index >= 15 is 0 Å². The molecule has 0 saturated carbocycles. The molecule has 2 aromatic carbocycles. The van der Waals surface area contributed by atoms with Crippen LogP contribution in [0.2, 0.25) is 0 Å². The number of methoxy groups -OCH3 is 1. The van der Waals surface area contributed by atoms with Gasteiger partial charge in [-0.2, -0.15) is 0 Å². The highest BCUT2D eigenvalue weighted by Gasteiger charge is 2.32. The number of Topliss-reactive ketones (excluding diaryl/α,β-unsaturated/α-hetero) is 1. The number of ketones is 1. The van der Waals surface area contributed by atoms with Gasteiger partial charge in [-0.1, -0.05) is 12.1 Å². The van der Waals surface area contributed by atoms with E-state index in [2.05, 4.69) is 4.90 Å². The molecule has 1 N–H and O–H groups in total. The maximum absolute atomic E-state index is 13.0. The lowest BCUT2D eigenvalue weighted by Gasteiger charge is -2.38. The van der Waals surface area contributed by atoms with Gasteiger partial charge in [-0.25, -0.2) is 4.39 Å². The number of aliphatic hydroxyl groups is 1. The van der Waals surface area contributed by atoms with Crippen molar-refractivity contribution < 1.29 is 19.0 Å². The Morgan fingerprint density at radius 3 is 2.36 bits per heavy atom. The van der Waals surface area contributed by atoms with Gasteiger partial charge in [0.2, 0.25) is 0 Å². The molecule has 0 radical (unpaired) electrons. The van der Waals surface area contributed by atoms with Gasteiger partial charge in [-0.15, -0.1) is 0 Å². The van der Waals surface area contributed by atoms with Crippen LogP contribution in [-0.4, -0.2) is 48.1 Å². The normalized spacial score (nSPS) is 16.7. The van der Waals surface area contributed by atoms with E-state index in [9.17, 15) is 14.3 Å². The summed E-state index contributed by atoms with van der Waals surface area (Å²) >= 11 is 0. The molecule has 0 aliphatic carbocycles. The van der Waals surface area contributed by atoms with Gasteiger partial charge in [-0.05, 0) is 67.8 Å². The van der Waals surface area contributed by atoms with Crippen LogP contribution in [0.5, 0.6) is 5.75 Å². The van der Waals surface area contributed by atoms with Gasteiger partial charge < -0.3 is 14.7 Å². The zero-order chi connectivity index (χ0) is 20.0. The van der Waals surface area contributed by atoms with Crippen LogP contribution < -0.4 is 4.74 Å². The summed E-state index contributed by atoms with van der Waals surface area (Å²) in [6, 6.07) is 13.6. The van der Waals surface area contributed by atoms with Gasteiger partial charge in [0, 0.05) is 31.5 Å². The predicted octanol–water partition coefficient (Wildman–Crippen LogP) is 3.87. The Bertz CT molecular complexity index is 765. The molecule has 2 aromatic rings. The molecule has 0 aromatic heterocycles. The van der Waals surface area contributed by atoms with Crippen LogP contribution >= 0.6 is 0 Å². The predicted molar refractivity (Wildman–Crippen MR) is 107 cm³/mol. The summed E-state index contributed by atoms with van der Waals surface area (Å²) in [5.74, 6) is 0.639. The SMILES string of the molecule is COc1ccc(C(=O)CCCN2CCC(O)(Cc3ccc(F)cc3)CC2)cc1. The van der Waals surface area contributed by atoms with Crippen LogP contribution in [0, 0.1) is 5.82 Å². The maximum atomic E-state index is 13.0. The first-order valence-electron chi connectivity index (χ1n) is 9.84. The average Bonchev–Trinajstić information content (AvgIpc) is 2.71. The number of hydrogen-bond donors (Lipinski definition) is 1. The number of halogens is 1. The van der Waals surface area contributed by atoms with Crippen molar-refractivity contribution >= 4 is 5.78 Å². The second-order valence-electron chi connectivity index (χ2n) is 7.62. The summed E-state index contributed by atoms with van der Waals surface area (Å²) in [4.78, 5) is 14.6. The fourth-order valence-corrected chi connectivity index (χ4v) is 3.74. The maximum Gasteiger partial charge on any atom is 0.162 e. The Morgan fingerprint density at radius 1 is 1.11 bits per heavy atom. The lowest BCUT2D eigenvalue weighted by Crippen LogP contribution is -2.45. The quantitative estimate of drug-likeness (QED) is 0.701. The Labute approximate surface area is 165 Å². The van der Waals surface area contributed by atoms with E-state index in [1.54, 1.807) is 43.5 Å². The lowest BCUT2D eigenvalue weighted by molar-refractivity contribution is -0.0207. The van der Waals surface area contributed by atoms with Gasteiger partial charge in [0.25, 0.3) is 0 Å². The van der Waals surface area contributed by atoms with Crippen LogP contribution in [0.3, 0.4) is 0 Å². The van der Waals surface area contributed by atoms with Crippen molar-refractivity contribution in [3.63, 3.8) is 0 Å². The van der Waals surface area contributed by atoms with E-state index in [0.29, 0.717) is 31.2 Å². The number of piperidine rings is 1. The number of carbonyl (C=O) groups excluding carboxylic acids is 1. The minimum atomic E-state index is -0.729. The summed E-state index contributed by atoms with van der Waals surface area (Å²) in [7, 11) is 1.61. The second-order valence-corrected chi connectivity index (χ2v) is 7.62. The molecule has 0 bridgehead atoms. The third-order valence-corrected chi connectivity index (χ3v) is 5.52. The topological polar surface area (TPSA) is 49.8 Å². The summed E-state index contributed by atoms with van der Waals surface area (Å²) in [5.41, 5.74) is 0.948. The average molecular weight is 385 g/mol. The fourth-order valence-electron chi connectivity index (χ4n) is 3.74.